The Hall–Kier alpha value is -2.52. The quantitative estimate of drug-likeness (QED) is 0.276. The molecule has 210 valence electrons. The van der Waals surface area contributed by atoms with Gasteiger partial charge in [-0.05, 0) is 66.2 Å². The summed E-state index contributed by atoms with van der Waals surface area (Å²) in [5.41, 5.74) is -1.27. The Morgan fingerprint density at radius 2 is 0.889 bits per heavy atom. The third kappa shape index (κ3) is 16.2. The molecule has 0 spiro atoms. The molecule has 0 aliphatic rings. The van der Waals surface area contributed by atoms with Crippen LogP contribution in [0, 0.1) is 11.8 Å². The molecule has 10 heteroatoms. The molecular formula is C26H50N4O6. The van der Waals surface area contributed by atoms with E-state index in [1.165, 1.54) is 0 Å². The van der Waals surface area contributed by atoms with Crippen LogP contribution in [0.25, 0.3) is 0 Å². The largest absolute Gasteiger partial charge is 0.444 e. The predicted molar refractivity (Wildman–Crippen MR) is 140 cm³/mol. The number of carbonyl (C=O) groups excluding carboxylic acids is 4. The summed E-state index contributed by atoms with van der Waals surface area (Å²) in [6.45, 7) is 19.1. The van der Waals surface area contributed by atoms with Crippen LogP contribution in [-0.4, -0.2) is 60.4 Å². The number of hydrogen-bond acceptors (Lipinski definition) is 6. The van der Waals surface area contributed by atoms with Crippen LogP contribution in [0.2, 0.25) is 0 Å². The Bertz CT molecular complexity index is 650. The van der Waals surface area contributed by atoms with Crippen LogP contribution in [0.1, 0.15) is 94.9 Å². The second-order valence-electron chi connectivity index (χ2n) is 11.7. The first-order valence-electron chi connectivity index (χ1n) is 13.0. The minimum absolute atomic E-state index is 0.0828. The molecule has 0 radical (unpaired) electrons. The van der Waals surface area contributed by atoms with Crippen molar-refractivity contribution in [3.05, 3.63) is 0 Å². The summed E-state index contributed by atoms with van der Waals surface area (Å²) in [5, 5.41) is 11.0. The van der Waals surface area contributed by atoms with Gasteiger partial charge in [0.05, 0.1) is 0 Å². The highest BCUT2D eigenvalue weighted by molar-refractivity contribution is 5.86. The average molecular weight is 515 g/mol. The highest BCUT2D eigenvalue weighted by atomic mass is 16.6. The molecule has 36 heavy (non-hydrogen) atoms. The zero-order valence-corrected chi connectivity index (χ0v) is 24.0. The van der Waals surface area contributed by atoms with E-state index in [4.69, 9.17) is 9.47 Å². The third-order valence-corrected chi connectivity index (χ3v) is 4.94. The molecule has 0 saturated carbocycles. The predicted octanol–water partition coefficient (Wildman–Crippen LogP) is 3.88. The molecule has 0 aromatic rings. The normalized spacial score (nSPS) is 13.6. The van der Waals surface area contributed by atoms with Gasteiger partial charge >= 0.3 is 12.2 Å². The maximum absolute atomic E-state index is 12.5. The standard InChI is InChI=1S/C26H50N4O6/c1-17(2)19(29-23(33)35-25(5,6)7)21(31)27-15-13-11-12-14-16-28-22(32)20(18(3)4)30-24(34)36-26(8,9)10/h17-20H,11-16H2,1-10H3,(H,27,31)(H,28,32)(H,29,33)(H,30,34)/t19-,20-/m0/s1. The molecule has 0 rings (SSSR count). The van der Waals surface area contributed by atoms with Gasteiger partial charge in [-0.3, -0.25) is 9.59 Å². The molecule has 0 heterocycles. The summed E-state index contributed by atoms with van der Waals surface area (Å²) < 4.78 is 10.5. The van der Waals surface area contributed by atoms with Gasteiger partial charge in [0.25, 0.3) is 0 Å². The summed E-state index contributed by atoms with van der Waals surface area (Å²) in [6, 6.07) is -1.34. The first-order valence-corrected chi connectivity index (χ1v) is 13.0. The minimum atomic E-state index is -0.668. The van der Waals surface area contributed by atoms with Crippen molar-refractivity contribution in [2.45, 2.75) is 118 Å². The number of nitrogens with one attached hydrogen (secondary N) is 4. The Kier molecular flexibility index (Phi) is 14.5. The van der Waals surface area contributed by atoms with Crippen molar-refractivity contribution in [3.63, 3.8) is 0 Å². The zero-order chi connectivity index (χ0) is 28.1. The summed E-state index contributed by atoms with van der Waals surface area (Å²) >= 11 is 0. The number of amides is 4. The van der Waals surface area contributed by atoms with Gasteiger partial charge in [-0.15, -0.1) is 0 Å². The Morgan fingerprint density at radius 1 is 0.583 bits per heavy atom. The summed E-state index contributed by atoms with van der Waals surface area (Å²) in [7, 11) is 0. The molecule has 0 aromatic carbocycles. The van der Waals surface area contributed by atoms with E-state index in [1.54, 1.807) is 41.5 Å². The molecule has 0 unspecified atom stereocenters. The molecule has 4 N–H and O–H groups in total. The van der Waals surface area contributed by atoms with Crippen molar-refractivity contribution >= 4 is 24.0 Å². The van der Waals surface area contributed by atoms with Crippen LogP contribution < -0.4 is 21.3 Å². The lowest BCUT2D eigenvalue weighted by molar-refractivity contribution is -0.125. The SMILES string of the molecule is CC(C)[C@H](NC(=O)OC(C)(C)C)C(=O)NCCCCCCNC(=O)[C@@H](NC(=O)OC(C)(C)C)C(C)C. The molecule has 0 saturated heterocycles. The molecule has 0 aliphatic carbocycles. The van der Waals surface area contributed by atoms with Crippen LogP contribution in [0.15, 0.2) is 0 Å². The van der Waals surface area contributed by atoms with Gasteiger partial charge in [-0.1, -0.05) is 40.5 Å². The van der Waals surface area contributed by atoms with Crippen molar-refractivity contribution in [2.75, 3.05) is 13.1 Å². The zero-order valence-electron chi connectivity index (χ0n) is 24.0. The van der Waals surface area contributed by atoms with E-state index in [9.17, 15) is 19.2 Å². The van der Waals surface area contributed by atoms with E-state index >= 15 is 0 Å². The molecular weight excluding hydrogens is 464 g/mol. The lowest BCUT2D eigenvalue weighted by Gasteiger charge is -2.25. The van der Waals surface area contributed by atoms with Crippen LogP contribution in [0.4, 0.5) is 9.59 Å². The third-order valence-electron chi connectivity index (χ3n) is 4.94. The van der Waals surface area contributed by atoms with E-state index in [0.29, 0.717) is 13.1 Å². The molecule has 0 aliphatic heterocycles. The first kappa shape index (κ1) is 33.5. The monoisotopic (exact) mass is 514 g/mol. The van der Waals surface area contributed by atoms with Gasteiger partial charge in [-0.25, -0.2) is 9.59 Å². The van der Waals surface area contributed by atoms with Gasteiger partial charge in [0.15, 0.2) is 0 Å². The number of unbranched alkanes of at least 4 members (excludes halogenated alkanes) is 3. The van der Waals surface area contributed by atoms with Crippen molar-refractivity contribution in [1.82, 2.24) is 21.3 Å². The van der Waals surface area contributed by atoms with Crippen LogP contribution in [0.3, 0.4) is 0 Å². The molecule has 10 nitrogen and oxygen atoms in total. The molecule has 0 aromatic heterocycles. The average Bonchev–Trinajstić information content (AvgIpc) is 2.68. The fourth-order valence-corrected chi connectivity index (χ4v) is 3.19. The smallest absolute Gasteiger partial charge is 0.408 e. The fourth-order valence-electron chi connectivity index (χ4n) is 3.19. The highest BCUT2D eigenvalue weighted by Gasteiger charge is 2.27. The van der Waals surface area contributed by atoms with Crippen molar-refractivity contribution in [2.24, 2.45) is 11.8 Å². The van der Waals surface area contributed by atoms with Gasteiger partial charge in [0.1, 0.15) is 23.3 Å². The van der Waals surface area contributed by atoms with Crippen LogP contribution in [-0.2, 0) is 19.1 Å². The van der Waals surface area contributed by atoms with Crippen LogP contribution in [0.5, 0.6) is 0 Å². The lowest BCUT2D eigenvalue weighted by atomic mass is 10.0. The van der Waals surface area contributed by atoms with Gasteiger partial charge < -0.3 is 30.7 Å². The highest BCUT2D eigenvalue weighted by Crippen LogP contribution is 2.10. The van der Waals surface area contributed by atoms with E-state index in [1.807, 2.05) is 27.7 Å². The molecule has 0 fully saturated rings. The maximum Gasteiger partial charge on any atom is 0.408 e. The van der Waals surface area contributed by atoms with E-state index in [-0.39, 0.29) is 23.7 Å². The number of rotatable bonds is 13. The van der Waals surface area contributed by atoms with E-state index < -0.39 is 35.5 Å². The lowest BCUT2D eigenvalue weighted by Crippen LogP contribution is -2.51. The van der Waals surface area contributed by atoms with Gasteiger partial charge in [-0.2, -0.15) is 0 Å². The fraction of sp³-hybridized carbons (Fsp3) is 0.846. The van der Waals surface area contributed by atoms with Crippen molar-refractivity contribution in [3.8, 4) is 0 Å². The van der Waals surface area contributed by atoms with Crippen molar-refractivity contribution < 1.29 is 28.7 Å². The molecule has 2 atom stereocenters. The number of carbonyl (C=O) groups is 4. The first-order chi connectivity index (χ1) is 16.4. The number of hydrogen-bond donors (Lipinski definition) is 4. The Balaban J connectivity index is 4.26. The second kappa shape index (κ2) is 15.6. The Labute approximate surface area is 217 Å². The second-order valence-corrected chi connectivity index (χ2v) is 11.7. The summed E-state index contributed by atoms with van der Waals surface area (Å²) in [5.74, 6) is -0.637. The minimum Gasteiger partial charge on any atom is -0.444 e. The van der Waals surface area contributed by atoms with Gasteiger partial charge in [0, 0.05) is 13.1 Å². The van der Waals surface area contributed by atoms with E-state index in [2.05, 4.69) is 21.3 Å². The summed E-state index contributed by atoms with van der Waals surface area (Å²) in [6.07, 6.45) is 2.11. The Morgan fingerprint density at radius 3 is 1.14 bits per heavy atom. The molecule has 4 amide bonds. The topological polar surface area (TPSA) is 135 Å². The van der Waals surface area contributed by atoms with Crippen molar-refractivity contribution in [1.29, 1.82) is 0 Å². The maximum atomic E-state index is 12.5. The van der Waals surface area contributed by atoms with E-state index in [0.717, 1.165) is 25.7 Å². The molecule has 0 bridgehead atoms. The number of alkyl carbamates (subject to hydrolysis) is 2. The van der Waals surface area contributed by atoms with Gasteiger partial charge in [0.2, 0.25) is 11.8 Å². The summed E-state index contributed by atoms with van der Waals surface area (Å²) in [4.78, 5) is 49.0. The van der Waals surface area contributed by atoms with Crippen LogP contribution >= 0.6 is 0 Å². The number of ether oxygens (including phenoxy) is 2.